The molecule has 1 N–H and O–H groups in total. The number of amides is 1. The minimum absolute atomic E-state index is 0.319. The topological polar surface area (TPSA) is 46.9 Å². The molecule has 122 valence electrons. The van der Waals surface area contributed by atoms with Crippen molar-refractivity contribution in [1.82, 2.24) is 9.78 Å². The second-order valence-corrected chi connectivity index (χ2v) is 6.23. The Morgan fingerprint density at radius 3 is 2.54 bits per heavy atom. The molecule has 1 amide bonds. The number of anilines is 1. The van der Waals surface area contributed by atoms with E-state index in [2.05, 4.69) is 26.3 Å². The quantitative estimate of drug-likeness (QED) is 0.711. The minimum Gasteiger partial charge on any atom is -0.319 e. The van der Waals surface area contributed by atoms with Crippen LogP contribution in [0.3, 0.4) is 0 Å². The van der Waals surface area contributed by atoms with Gasteiger partial charge in [-0.25, -0.2) is 9.07 Å². The summed E-state index contributed by atoms with van der Waals surface area (Å²) >= 11 is 3.22. The standard InChI is InChI=1S/C18H15BrFN3O/c1-11-17(12(2)23(22-11)14-6-4-3-5-7-14)21-18(24)15-9-8-13(20)10-16(15)19/h3-10H,1-2H3,(H,21,24). The molecule has 6 heteroatoms. The van der Waals surface area contributed by atoms with Crippen molar-refractivity contribution in [3.05, 3.63) is 75.8 Å². The van der Waals surface area contributed by atoms with E-state index in [1.807, 2.05) is 44.2 Å². The van der Waals surface area contributed by atoms with Gasteiger partial charge in [0.25, 0.3) is 5.91 Å². The van der Waals surface area contributed by atoms with E-state index in [0.717, 1.165) is 11.4 Å². The number of para-hydroxylation sites is 1. The van der Waals surface area contributed by atoms with E-state index in [0.29, 0.717) is 21.4 Å². The lowest BCUT2D eigenvalue weighted by atomic mass is 10.2. The average molecular weight is 388 g/mol. The first kappa shape index (κ1) is 16.4. The summed E-state index contributed by atoms with van der Waals surface area (Å²) in [5.41, 5.74) is 3.47. The number of nitrogens with zero attached hydrogens (tertiary/aromatic N) is 2. The van der Waals surface area contributed by atoms with Gasteiger partial charge in [-0.1, -0.05) is 18.2 Å². The average Bonchev–Trinajstić information content (AvgIpc) is 2.83. The van der Waals surface area contributed by atoms with Gasteiger partial charge < -0.3 is 5.32 Å². The Balaban J connectivity index is 1.93. The summed E-state index contributed by atoms with van der Waals surface area (Å²) in [5, 5.41) is 7.36. The molecule has 24 heavy (non-hydrogen) atoms. The monoisotopic (exact) mass is 387 g/mol. The molecule has 0 spiro atoms. The number of benzene rings is 2. The van der Waals surface area contributed by atoms with Crippen LogP contribution in [0.4, 0.5) is 10.1 Å². The number of hydrogen-bond acceptors (Lipinski definition) is 2. The highest BCUT2D eigenvalue weighted by Gasteiger charge is 2.17. The third kappa shape index (κ3) is 3.10. The summed E-state index contributed by atoms with van der Waals surface area (Å²) in [6.45, 7) is 3.73. The van der Waals surface area contributed by atoms with E-state index in [4.69, 9.17) is 0 Å². The fourth-order valence-electron chi connectivity index (χ4n) is 2.50. The van der Waals surface area contributed by atoms with E-state index < -0.39 is 5.82 Å². The zero-order valence-corrected chi connectivity index (χ0v) is 14.8. The molecule has 0 atom stereocenters. The van der Waals surface area contributed by atoms with Gasteiger partial charge in [0.15, 0.2) is 0 Å². The number of hydrogen-bond donors (Lipinski definition) is 1. The summed E-state index contributed by atoms with van der Waals surface area (Å²) in [6, 6.07) is 13.7. The molecule has 3 aromatic rings. The lowest BCUT2D eigenvalue weighted by Crippen LogP contribution is -2.14. The van der Waals surface area contributed by atoms with Crippen molar-refractivity contribution in [2.45, 2.75) is 13.8 Å². The van der Waals surface area contributed by atoms with Crippen LogP contribution in [0.2, 0.25) is 0 Å². The number of nitrogens with one attached hydrogen (secondary N) is 1. The number of halogens is 2. The van der Waals surface area contributed by atoms with Gasteiger partial charge in [-0.15, -0.1) is 0 Å². The zero-order valence-electron chi connectivity index (χ0n) is 13.2. The summed E-state index contributed by atoms with van der Waals surface area (Å²) < 4.78 is 15.4. The highest BCUT2D eigenvalue weighted by molar-refractivity contribution is 9.10. The van der Waals surface area contributed by atoms with Gasteiger partial charge in [-0.3, -0.25) is 4.79 Å². The first-order valence-corrected chi connectivity index (χ1v) is 8.14. The molecule has 0 bridgehead atoms. The largest absolute Gasteiger partial charge is 0.319 e. The van der Waals surface area contributed by atoms with E-state index in [1.165, 1.54) is 18.2 Å². The molecule has 0 saturated carbocycles. The molecule has 1 aromatic heterocycles. The molecule has 0 aliphatic rings. The SMILES string of the molecule is Cc1nn(-c2ccccc2)c(C)c1NC(=O)c1ccc(F)cc1Br. The normalized spacial score (nSPS) is 10.7. The third-order valence-electron chi connectivity index (χ3n) is 3.71. The number of aryl methyl sites for hydroxylation is 1. The van der Waals surface area contributed by atoms with E-state index >= 15 is 0 Å². The van der Waals surface area contributed by atoms with Crippen molar-refractivity contribution < 1.29 is 9.18 Å². The van der Waals surface area contributed by atoms with Crippen LogP contribution in [-0.2, 0) is 0 Å². The van der Waals surface area contributed by atoms with Crippen LogP contribution in [0.1, 0.15) is 21.7 Å². The van der Waals surface area contributed by atoms with E-state index in [1.54, 1.807) is 4.68 Å². The second-order valence-electron chi connectivity index (χ2n) is 5.37. The van der Waals surface area contributed by atoms with Crippen LogP contribution in [-0.4, -0.2) is 15.7 Å². The summed E-state index contributed by atoms with van der Waals surface area (Å²) in [7, 11) is 0. The smallest absolute Gasteiger partial charge is 0.256 e. The lowest BCUT2D eigenvalue weighted by Gasteiger charge is -2.08. The van der Waals surface area contributed by atoms with Crippen molar-refractivity contribution in [3.63, 3.8) is 0 Å². The fraction of sp³-hybridized carbons (Fsp3) is 0.111. The Kier molecular flexibility index (Phi) is 4.49. The Morgan fingerprint density at radius 2 is 1.88 bits per heavy atom. The predicted molar refractivity (Wildman–Crippen MR) is 95.1 cm³/mol. The highest BCUT2D eigenvalue weighted by Crippen LogP contribution is 2.25. The molecule has 4 nitrogen and oxygen atoms in total. The lowest BCUT2D eigenvalue weighted by molar-refractivity contribution is 0.102. The van der Waals surface area contributed by atoms with Crippen molar-refractivity contribution in [2.24, 2.45) is 0 Å². The number of rotatable bonds is 3. The fourth-order valence-corrected chi connectivity index (χ4v) is 3.03. The van der Waals surface area contributed by atoms with Crippen LogP contribution in [0, 0.1) is 19.7 Å². The molecule has 0 aliphatic carbocycles. The van der Waals surface area contributed by atoms with Gasteiger partial charge in [-0.2, -0.15) is 5.10 Å². The maximum absolute atomic E-state index is 13.2. The van der Waals surface area contributed by atoms with Gasteiger partial charge in [0, 0.05) is 4.47 Å². The maximum atomic E-state index is 13.2. The van der Waals surface area contributed by atoms with Gasteiger partial charge in [-0.05, 0) is 60.1 Å². The van der Waals surface area contributed by atoms with Crippen molar-refractivity contribution in [3.8, 4) is 5.69 Å². The molecule has 0 radical (unpaired) electrons. The minimum atomic E-state index is -0.400. The Bertz CT molecular complexity index is 906. The molecular formula is C18H15BrFN3O. The maximum Gasteiger partial charge on any atom is 0.256 e. The summed E-state index contributed by atoms with van der Waals surface area (Å²) in [6.07, 6.45) is 0. The molecular weight excluding hydrogens is 373 g/mol. The predicted octanol–water partition coefficient (Wildman–Crippen LogP) is 4.64. The molecule has 0 unspecified atom stereocenters. The molecule has 0 fully saturated rings. The molecule has 0 aliphatic heterocycles. The highest BCUT2D eigenvalue weighted by atomic mass is 79.9. The van der Waals surface area contributed by atoms with Crippen LogP contribution in [0.5, 0.6) is 0 Å². The molecule has 2 aromatic carbocycles. The third-order valence-corrected chi connectivity index (χ3v) is 4.36. The van der Waals surface area contributed by atoms with Crippen molar-refractivity contribution in [2.75, 3.05) is 5.32 Å². The number of carbonyl (C=O) groups excluding carboxylic acids is 1. The summed E-state index contributed by atoms with van der Waals surface area (Å²) in [5.74, 6) is -0.719. The number of aromatic nitrogens is 2. The van der Waals surface area contributed by atoms with Crippen molar-refractivity contribution >= 4 is 27.5 Å². The first-order chi connectivity index (χ1) is 11.5. The van der Waals surface area contributed by atoms with Crippen molar-refractivity contribution in [1.29, 1.82) is 0 Å². The van der Waals surface area contributed by atoms with Crippen LogP contribution >= 0.6 is 15.9 Å². The molecule has 0 saturated heterocycles. The first-order valence-electron chi connectivity index (χ1n) is 7.35. The van der Waals surface area contributed by atoms with E-state index in [-0.39, 0.29) is 5.91 Å². The van der Waals surface area contributed by atoms with Crippen LogP contribution < -0.4 is 5.32 Å². The second kappa shape index (κ2) is 6.57. The summed E-state index contributed by atoms with van der Waals surface area (Å²) in [4.78, 5) is 12.5. The Hall–Kier alpha value is -2.47. The van der Waals surface area contributed by atoms with Crippen LogP contribution in [0.25, 0.3) is 5.69 Å². The zero-order chi connectivity index (χ0) is 17.3. The Morgan fingerprint density at radius 1 is 1.17 bits per heavy atom. The molecule has 3 rings (SSSR count). The van der Waals surface area contributed by atoms with Gasteiger partial charge in [0.1, 0.15) is 5.82 Å². The van der Waals surface area contributed by atoms with Crippen LogP contribution in [0.15, 0.2) is 53.0 Å². The van der Waals surface area contributed by atoms with Gasteiger partial charge >= 0.3 is 0 Å². The van der Waals surface area contributed by atoms with Gasteiger partial charge in [0.2, 0.25) is 0 Å². The molecule has 1 heterocycles. The number of carbonyl (C=O) groups is 1. The van der Waals surface area contributed by atoms with E-state index in [9.17, 15) is 9.18 Å². The Labute approximate surface area is 147 Å². The van der Waals surface area contributed by atoms with Gasteiger partial charge in [0.05, 0.1) is 28.3 Å².